The maximum absolute atomic E-state index is 4.87. The van der Waals surface area contributed by atoms with Gasteiger partial charge in [-0.05, 0) is 55.5 Å². The summed E-state index contributed by atoms with van der Waals surface area (Å²) < 4.78 is 2.28. The van der Waals surface area contributed by atoms with Crippen LogP contribution in [0.25, 0.3) is 17.2 Å². The van der Waals surface area contributed by atoms with Gasteiger partial charge in [0.15, 0.2) is 5.65 Å². The van der Waals surface area contributed by atoms with Gasteiger partial charge in [-0.15, -0.1) is 0 Å². The number of benzene rings is 1. The third kappa shape index (κ3) is 6.13. The van der Waals surface area contributed by atoms with Gasteiger partial charge in [-0.2, -0.15) is 0 Å². The molecule has 0 bridgehead atoms. The van der Waals surface area contributed by atoms with E-state index in [1.54, 1.807) is 0 Å². The minimum Gasteiger partial charge on any atom is -0.308 e. The van der Waals surface area contributed by atoms with Crippen molar-refractivity contribution in [1.82, 2.24) is 24.3 Å². The number of rotatable bonds is 9. The largest absolute Gasteiger partial charge is 0.308 e. The van der Waals surface area contributed by atoms with Crippen LogP contribution in [0.3, 0.4) is 0 Å². The quantitative estimate of drug-likeness (QED) is 0.433. The first-order valence-electron chi connectivity index (χ1n) is 13.0. The molecule has 0 amide bonds. The van der Waals surface area contributed by atoms with E-state index in [4.69, 9.17) is 9.97 Å². The van der Waals surface area contributed by atoms with Crippen molar-refractivity contribution >= 4 is 17.2 Å². The van der Waals surface area contributed by atoms with Gasteiger partial charge in [-0.25, -0.2) is 9.97 Å². The van der Waals surface area contributed by atoms with Crippen LogP contribution in [0, 0.1) is 19.8 Å². The van der Waals surface area contributed by atoms with E-state index in [0.717, 1.165) is 48.1 Å². The third-order valence-corrected chi connectivity index (χ3v) is 6.90. The molecule has 3 aromatic rings. The van der Waals surface area contributed by atoms with E-state index in [0.29, 0.717) is 0 Å². The first-order valence-corrected chi connectivity index (χ1v) is 13.0. The molecule has 2 aromatic heterocycles. The summed E-state index contributed by atoms with van der Waals surface area (Å²) in [5.74, 6) is 1.90. The molecule has 0 N–H and O–H groups in total. The van der Waals surface area contributed by atoms with Crippen molar-refractivity contribution in [2.75, 3.05) is 39.3 Å². The first kappa shape index (κ1) is 24.6. The maximum Gasteiger partial charge on any atom is 0.160 e. The summed E-state index contributed by atoms with van der Waals surface area (Å²) in [6.45, 7) is 18.8. The summed E-state index contributed by atoms with van der Waals surface area (Å²) in [7, 11) is 0. The third-order valence-electron chi connectivity index (χ3n) is 6.90. The number of fused-ring (bicyclic) bond motifs is 1. The van der Waals surface area contributed by atoms with E-state index < -0.39 is 0 Å². The highest BCUT2D eigenvalue weighted by atomic mass is 15.3. The highest BCUT2D eigenvalue weighted by Gasteiger charge is 2.16. The van der Waals surface area contributed by atoms with Crippen LogP contribution in [-0.2, 0) is 13.0 Å². The number of aromatic nitrogens is 3. The fraction of sp³-hybridized carbons (Fsp3) is 0.517. The van der Waals surface area contributed by atoms with Gasteiger partial charge >= 0.3 is 0 Å². The zero-order valence-electron chi connectivity index (χ0n) is 21.7. The molecule has 1 aliphatic heterocycles. The Labute approximate surface area is 205 Å². The first-order chi connectivity index (χ1) is 16.4. The molecule has 0 atom stereocenters. The fourth-order valence-corrected chi connectivity index (χ4v) is 4.78. The average molecular weight is 460 g/mol. The molecule has 0 spiro atoms. The number of pyridine rings is 1. The Bertz CT molecular complexity index is 1100. The van der Waals surface area contributed by atoms with Gasteiger partial charge in [0.25, 0.3) is 0 Å². The fourth-order valence-electron chi connectivity index (χ4n) is 4.78. The van der Waals surface area contributed by atoms with Crippen LogP contribution in [0.5, 0.6) is 0 Å². The van der Waals surface area contributed by atoms with E-state index in [1.807, 2.05) is 0 Å². The van der Waals surface area contributed by atoms with Crippen LogP contribution >= 0.6 is 0 Å². The lowest BCUT2D eigenvalue weighted by atomic mass is 10.1. The van der Waals surface area contributed by atoms with E-state index in [9.17, 15) is 0 Å². The summed E-state index contributed by atoms with van der Waals surface area (Å²) >= 11 is 0. The van der Waals surface area contributed by atoms with Crippen molar-refractivity contribution in [1.29, 1.82) is 0 Å². The van der Waals surface area contributed by atoms with Crippen molar-refractivity contribution in [3.8, 4) is 0 Å². The van der Waals surface area contributed by atoms with Crippen LogP contribution in [-0.4, -0.2) is 63.6 Å². The van der Waals surface area contributed by atoms with Crippen LogP contribution in [0.1, 0.15) is 55.4 Å². The molecular weight excluding hydrogens is 418 g/mol. The van der Waals surface area contributed by atoms with Crippen LogP contribution < -0.4 is 0 Å². The highest BCUT2D eigenvalue weighted by Crippen LogP contribution is 2.21. The zero-order valence-corrected chi connectivity index (χ0v) is 21.7. The second-order valence-electron chi connectivity index (χ2n) is 10.2. The van der Waals surface area contributed by atoms with Crippen LogP contribution in [0.4, 0.5) is 0 Å². The van der Waals surface area contributed by atoms with Gasteiger partial charge in [-0.3, -0.25) is 4.90 Å². The molecule has 0 radical (unpaired) electrons. The molecule has 4 rings (SSSR count). The summed E-state index contributed by atoms with van der Waals surface area (Å²) in [4.78, 5) is 14.9. The average Bonchev–Trinajstić information content (AvgIpc) is 3.17. The molecule has 5 nitrogen and oxygen atoms in total. The van der Waals surface area contributed by atoms with Crippen molar-refractivity contribution < 1.29 is 0 Å². The second-order valence-corrected chi connectivity index (χ2v) is 10.2. The Morgan fingerprint density at radius 3 is 2.35 bits per heavy atom. The lowest BCUT2D eigenvalue weighted by Crippen LogP contribution is -2.46. The highest BCUT2D eigenvalue weighted by molar-refractivity contribution is 5.76. The summed E-state index contributed by atoms with van der Waals surface area (Å²) in [5.41, 5.74) is 6.82. The lowest BCUT2D eigenvalue weighted by molar-refractivity contribution is 0.138. The number of hydrogen-bond donors (Lipinski definition) is 0. The Hall–Kier alpha value is -2.50. The van der Waals surface area contributed by atoms with Crippen molar-refractivity contribution in [3.63, 3.8) is 0 Å². The summed E-state index contributed by atoms with van der Waals surface area (Å²) in [5, 5.41) is 0. The van der Waals surface area contributed by atoms with E-state index in [1.165, 1.54) is 55.8 Å². The predicted molar refractivity (Wildman–Crippen MR) is 143 cm³/mol. The maximum atomic E-state index is 4.87. The number of hydrogen-bond acceptors (Lipinski definition) is 4. The smallest absolute Gasteiger partial charge is 0.160 e. The molecule has 1 aliphatic rings. The number of nitrogens with zero attached hydrogens (tertiary/aromatic N) is 5. The van der Waals surface area contributed by atoms with E-state index >= 15 is 0 Å². The van der Waals surface area contributed by atoms with Crippen molar-refractivity contribution in [2.24, 2.45) is 5.92 Å². The van der Waals surface area contributed by atoms with Gasteiger partial charge < -0.3 is 9.47 Å². The van der Waals surface area contributed by atoms with Crippen LogP contribution in [0.15, 0.2) is 36.4 Å². The monoisotopic (exact) mass is 459 g/mol. The topological polar surface area (TPSA) is 37.2 Å². The SMILES string of the molecule is CCc1nc2c(C)cc(C)nc2n1Cc1ccc(/C=C/CN2CCN(CCC(C)C)CC2)cc1. The minimum absolute atomic E-state index is 0.797. The van der Waals surface area contributed by atoms with Crippen molar-refractivity contribution in [2.45, 2.75) is 54.0 Å². The molecule has 0 saturated carbocycles. The Morgan fingerprint density at radius 2 is 1.68 bits per heavy atom. The number of imidazole rings is 1. The Kier molecular flexibility index (Phi) is 8.17. The molecule has 3 heterocycles. The predicted octanol–water partition coefficient (Wildman–Crippen LogP) is 5.34. The molecule has 34 heavy (non-hydrogen) atoms. The van der Waals surface area contributed by atoms with E-state index in [2.05, 4.69) is 91.5 Å². The molecule has 1 aromatic carbocycles. The van der Waals surface area contributed by atoms with Crippen molar-refractivity contribution in [3.05, 3.63) is 64.6 Å². The van der Waals surface area contributed by atoms with Crippen LogP contribution in [0.2, 0.25) is 0 Å². The molecule has 0 aliphatic carbocycles. The van der Waals surface area contributed by atoms with Gasteiger partial charge in [0.1, 0.15) is 11.3 Å². The molecular formula is C29H41N5. The van der Waals surface area contributed by atoms with Gasteiger partial charge in [0, 0.05) is 44.8 Å². The molecule has 1 saturated heterocycles. The normalized spacial score (nSPS) is 15.8. The second kappa shape index (κ2) is 11.3. The van der Waals surface area contributed by atoms with Gasteiger partial charge in [0.05, 0.1) is 6.54 Å². The standard InChI is InChI=1S/C29H41N5/c1-6-27-31-28-23(4)20-24(5)30-29(28)34(27)21-26-11-9-25(10-12-26)8-7-14-32-16-18-33(19-17-32)15-13-22(2)3/h7-12,20,22H,6,13-19,21H2,1-5H3/b8-7+. The number of aryl methyl sites for hydroxylation is 3. The number of piperazine rings is 1. The van der Waals surface area contributed by atoms with Gasteiger partial charge in [0.2, 0.25) is 0 Å². The molecule has 182 valence electrons. The molecule has 1 fully saturated rings. The van der Waals surface area contributed by atoms with Gasteiger partial charge in [-0.1, -0.05) is 57.2 Å². The Morgan fingerprint density at radius 1 is 0.971 bits per heavy atom. The molecule has 0 unspecified atom stereocenters. The summed E-state index contributed by atoms with van der Waals surface area (Å²) in [6.07, 6.45) is 6.78. The zero-order chi connectivity index (χ0) is 24.1. The molecule has 5 heteroatoms. The minimum atomic E-state index is 0.797. The Balaban J connectivity index is 1.33. The van der Waals surface area contributed by atoms with E-state index in [-0.39, 0.29) is 0 Å². The summed E-state index contributed by atoms with van der Waals surface area (Å²) in [6, 6.07) is 11.0. The lowest BCUT2D eigenvalue weighted by Gasteiger charge is -2.34.